The highest BCUT2D eigenvalue weighted by Gasteiger charge is 2.13. The van der Waals surface area contributed by atoms with Crippen LogP contribution in [0, 0.1) is 10.1 Å². The van der Waals surface area contributed by atoms with Crippen LogP contribution >= 0.6 is 0 Å². The van der Waals surface area contributed by atoms with Crippen molar-refractivity contribution in [2.24, 2.45) is 0 Å². The number of nitro groups is 1. The molecule has 2 aromatic rings. The van der Waals surface area contributed by atoms with Crippen molar-refractivity contribution in [3.8, 4) is 0 Å². The lowest BCUT2D eigenvalue weighted by Gasteiger charge is -2.06. The highest BCUT2D eigenvalue weighted by atomic mass is 16.6. The monoisotopic (exact) mass is 263 g/mol. The molecule has 0 aliphatic carbocycles. The van der Waals surface area contributed by atoms with E-state index in [4.69, 9.17) is 5.73 Å². The number of aryl methyl sites for hydroxylation is 1. The number of nitrogens with two attached hydrogens (primary N) is 1. The maximum absolute atomic E-state index is 10.6. The molecule has 0 bridgehead atoms. The minimum atomic E-state index is -0.570. The number of rotatable bonds is 5. The Morgan fingerprint density at radius 3 is 2.95 bits per heavy atom. The zero-order valence-corrected chi connectivity index (χ0v) is 10.3. The van der Waals surface area contributed by atoms with Gasteiger partial charge in [0.2, 0.25) is 5.82 Å². The molecule has 0 saturated heterocycles. The molecule has 2 heterocycles. The van der Waals surface area contributed by atoms with E-state index in [1.165, 1.54) is 12.1 Å². The minimum absolute atomic E-state index is 0.119. The molecular formula is C10H13N7O2. The summed E-state index contributed by atoms with van der Waals surface area (Å²) in [6.07, 6.45) is 1.63. The molecule has 0 aliphatic rings. The van der Waals surface area contributed by atoms with Crippen LogP contribution in [0.15, 0.2) is 18.5 Å². The second-order valence-corrected chi connectivity index (χ2v) is 3.74. The molecule has 0 amide bonds. The third kappa shape index (κ3) is 2.76. The molecular weight excluding hydrogens is 250 g/mol. The summed E-state index contributed by atoms with van der Waals surface area (Å²) in [6, 6.07) is 2.82. The zero-order chi connectivity index (χ0) is 13.8. The first-order chi connectivity index (χ1) is 9.11. The van der Waals surface area contributed by atoms with Gasteiger partial charge in [-0.2, -0.15) is 0 Å². The molecule has 0 atom stereocenters. The third-order valence-electron chi connectivity index (χ3n) is 2.56. The molecule has 19 heavy (non-hydrogen) atoms. The quantitative estimate of drug-likeness (QED) is 0.603. The van der Waals surface area contributed by atoms with Gasteiger partial charge in [0.1, 0.15) is 12.1 Å². The smallest absolute Gasteiger partial charge is 0.311 e. The molecule has 9 nitrogen and oxygen atoms in total. The Morgan fingerprint density at radius 2 is 2.32 bits per heavy atom. The van der Waals surface area contributed by atoms with Crippen molar-refractivity contribution in [3.05, 3.63) is 34.4 Å². The van der Waals surface area contributed by atoms with E-state index in [2.05, 4.69) is 20.5 Å². The largest absolute Gasteiger partial charge is 0.378 e. The summed E-state index contributed by atoms with van der Waals surface area (Å²) < 4.78 is 1.88. The van der Waals surface area contributed by atoms with Gasteiger partial charge in [0.15, 0.2) is 5.82 Å². The molecule has 9 heteroatoms. The first kappa shape index (κ1) is 12.7. The predicted molar refractivity (Wildman–Crippen MR) is 68.3 cm³/mol. The van der Waals surface area contributed by atoms with E-state index in [-0.39, 0.29) is 11.5 Å². The first-order valence-electron chi connectivity index (χ1n) is 5.63. The molecule has 2 rings (SSSR count). The van der Waals surface area contributed by atoms with Gasteiger partial charge in [-0.15, -0.1) is 10.2 Å². The van der Waals surface area contributed by atoms with Gasteiger partial charge < -0.3 is 15.6 Å². The van der Waals surface area contributed by atoms with Crippen LogP contribution in [0.2, 0.25) is 0 Å². The topological polar surface area (TPSA) is 125 Å². The van der Waals surface area contributed by atoms with E-state index >= 15 is 0 Å². The van der Waals surface area contributed by atoms with Crippen LogP contribution in [-0.4, -0.2) is 24.7 Å². The molecule has 0 radical (unpaired) electrons. The average Bonchev–Trinajstić information content (AvgIpc) is 2.83. The number of anilines is 2. The van der Waals surface area contributed by atoms with Crippen LogP contribution < -0.4 is 11.1 Å². The Morgan fingerprint density at radius 1 is 1.53 bits per heavy atom. The number of nitrogen functional groups attached to an aromatic ring is 1. The van der Waals surface area contributed by atoms with Crippen molar-refractivity contribution in [1.29, 1.82) is 0 Å². The molecule has 3 N–H and O–H groups in total. The summed E-state index contributed by atoms with van der Waals surface area (Å²) >= 11 is 0. The summed E-state index contributed by atoms with van der Waals surface area (Å²) in [5.41, 5.74) is 5.30. The predicted octanol–water partition coefficient (Wildman–Crippen LogP) is 0.796. The third-order valence-corrected chi connectivity index (χ3v) is 2.56. The van der Waals surface area contributed by atoms with Gasteiger partial charge >= 0.3 is 5.69 Å². The fourth-order valence-electron chi connectivity index (χ4n) is 1.57. The Bertz CT molecular complexity index is 595. The van der Waals surface area contributed by atoms with Crippen LogP contribution in [0.3, 0.4) is 0 Å². The van der Waals surface area contributed by atoms with Crippen LogP contribution in [0.4, 0.5) is 17.3 Å². The van der Waals surface area contributed by atoms with E-state index in [0.29, 0.717) is 12.4 Å². The maximum Gasteiger partial charge on any atom is 0.311 e. The van der Waals surface area contributed by atoms with Crippen LogP contribution in [0.5, 0.6) is 0 Å². The molecule has 0 saturated carbocycles. The summed E-state index contributed by atoms with van der Waals surface area (Å²) in [6.45, 7) is 3.16. The van der Waals surface area contributed by atoms with Gasteiger partial charge in [0, 0.05) is 12.6 Å². The lowest BCUT2D eigenvalue weighted by molar-refractivity contribution is -0.384. The number of nitrogens with one attached hydrogen (secondary N) is 1. The van der Waals surface area contributed by atoms with Crippen molar-refractivity contribution in [1.82, 2.24) is 19.7 Å². The van der Waals surface area contributed by atoms with Gasteiger partial charge in [0.05, 0.1) is 11.5 Å². The number of aromatic nitrogens is 4. The normalized spacial score (nSPS) is 10.4. The Hall–Kier alpha value is -2.71. The van der Waals surface area contributed by atoms with Gasteiger partial charge in [-0.05, 0) is 13.0 Å². The molecule has 0 unspecified atom stereocenters. The summed E-state index contributed by atoms with van der Waals surface area (Å²) in [7, 11) is 0. The van der Waals surface area contributed by atoms with Crippen LogP contribution in [0.1, 0.15) is 12.7 Å². The van der Waals surface area contributed by atoms with E-state index in [1.807, 2.05) is 11.5 Å². The second-order valence-electron chi connectivity index (χ2n) is 3.74. The lowest BCUT2D eigenvalue weighted by Crippen LogP contribution is -2.09. The van der Waals surface area contributed by atoms with Crippen molar-refractivity contribution in [2.45, 2.75) is 20.0 Å². The Kier molecular flexibility index (Phi) is 3.55. The number of hydrogen-bond acceptors (Lipinski definition) is 7. The number of hydrogen-bond donors (Lipinski definition) is 2. The van der Waals surface area contributed by atoms with E-state index in [1.54, 1.807) is 6.33 Å². The van der Waals surface area contributed by atoms with E-state index in [9.17, 15) is 10.1 Å². The van der Waals surface area contributed by atoms with Crippen molar-refractivity contribution >= 4 is 17.3 Å². The van der Waals surface area contributed by atoms with Gasteiger partial charge in [-0.3, -0.25) is 10.1 Å². The highest BCUT2D eigenvalue weighted by Crippen LogP contribution is 2.20. The van der Waals surface area contributed by atoms with Gasteiger partial charge in [-0.1, -0.05) is 0 Å². The fraction of sp³-hybridized carbons (Fsp3) is 0.300. The van der Waals surface area contributed by atoms with E-state index in [0.717, 1.165) is 12.4 Å². The molecule has 100 valence electrons. The summed E-state index contributed by atoms with van der Waals surface area (Å²) in [5, 5.41) is 21.3. The average molecular weight is 263 g/mol. The van der Waals surface area contributed by atoms with Crippen LogP contribution in [-0.2, 0) is 13.1 Å². The van der Waals surface area contributed by atoms with Crippen molar-refractivity contribution < 1.29 is 4.92 Å². The molecule has 2 aromatic heterocycles. The van der Waals surface area contributed by atoms with Crippen LogP contribution in [0.25, 0.3) is 0 Å². The molecule has 0 spiro atoms. The second kappa shape index (κ2) is 5.29. The fourth-order valence-corrected chi connectivity index (χ4v) is 1.57. The van der Waals surface area contributed by atoms with Gasteiger partial charge in [-0.25, -0.2) is 4.98 Å². The molecule has 0 aliphatic heterocycles. The molecule has 0 fully saturated rings. The Balaban J connectivity index is 2.08. The Labute approximate surface area is 108 Å². The standard InChI is InChI=1S/C10H13N7O2/c1-2-16-6-13-15-9(16)5-12-8-4-3-7(17(18)19)10(11)14-8/h3-4,6H,2,5H2,1H3,(H3,11,12,14). The van der Waals surface area contributed by atoms with Gasteiger partial charge in [0.25, 0.3) is 0 Å². The number of pyridine rings is 1. The SMILES string of the molecule is CCn1cnnc1CNc1ccc([N+](=O)[O-])c(N)n1. The summed E-state index contributed by atoms with van der Waals surface area (Å²) in [4.78, 5) is 14.0. The van der Waals surface area contributed by atoms with E-state index < -0.39 is 4.92 Å². The minimum Gasteiger partial charge on any atom is -0.378 e. The summed E-state index contributed by atoms with van der Waals surface area (Å²) in [5.74, 6) is 1.09. The highest BCUT2D eigenvalue weighted by molar-refractivity contribution is 5.57. The zero-order valence-electron chi connectivity index (χ0n) is 10.3. The lowest BCUT2D eigenvalue weighted by atomic mass is 10.4. The number of nitrogens with zero attached hydrogens (tertiary/aromatic N) is 5. The van der Waals surface area contributed by atoms with Crippen molar-refractivity contribution in [2.75, 3.05) is 11.1 Å². The van der Waals surface area contributed by atoms with Crippen molar-refractivity contribution in [3.63, 3.8) is 0 Å². The maximum atomic E-state index is 10.6. The molecule has 0 aromatic carbocycles. The first-order valence-corrected chi connectivity index (χ1v) is 5.63.